The third-order valence-corrected chi connectivity index (χ3v) is 2.67. The van der Waals surface area contributed by atoms with Crippen LogP contribution in [-0.2, 0) is 0 Å². The molecule has 0 radical (unpaired) electrons. The van der Waals surface area contributed by atoms with E-state index in [-0.39, 0.29) is 0 Å². The summed E-state index contributed by atoms with van der Waals surface area (Å²) in [5.41, 5.74) is 8.01. The second kappa shape index (κ2) is 5.36. The Labute approximate surface area is 116 Å². The summed E-state index contributed by atoms with van der Waals surface area (Å²) < 4.78 is 5.53. The van der Waals surface area contributed by atoms with Crippen LogP contribution in [0.25, 0.3) is 11.1 Å². The van der Waals surface area contributed by atoms with E-state index in [0.717, 1.165) is 11.1 Å². The molecular formula is C15H12N4O. The molecule has 0 aliphatic heterocycles. The van der Waals surface area contributed by atoms with E-state index in [9.17, 15) is 0 Å². The van der Waals surface area contributed by atoms with Gasteiger partial charge in [-0.2, -0.15) is 0 Å². The van der Waals surface area contributed by atoms with Crippen molar-refractivity contribution in [3.8, 4) is 22.9 Å². The molecule has 20 heavy (non-hydrogen) atoms. The average molecular weight is 264 g/mol. The first-order valence-electron chi connectivity index (χ1n) is 6.07. The molecule has 0 aliphatic carbocycles. The summed E-state index contributed by atoms with van der Waals surface area (Å²) in [4.78, 5) is 12.4. The van der Waals surface area contributed by atoms with Gasteiger partial charge in [0.2, 0.25) is 0 Å². The summed E-state index contributed by atoms with van der Waals surface area (Å²) in [6, 6.07) is 11.5. The van der Waals surface area contributed by atoms with Gasteiger partial charge in [-0.05, 0) is 18.2 Å². The van der Waals surface area contributed by atoms with Gasteiger partial charge in [-0.25, -0.2) is 9.97 Å². The molecule has 5 heteroatoms. The van der Waals surface area contributed by atoms with E-state index in [1.807, 2.05) is 36.4 Å². The molecule has 0 unspecified atom stereocenters. The molecule has 0 saturated heterocycles. The zero-order valence-corrected chi connectivity index (χ0v) is 10.6. The Bertz CT molecular complexity index is 699. The summed E-state index contributed by atoms with van der Waals surface area (Å²) in [5, 5.41) is 0. The lowest BCUT2D eigenvalue weighted by molar-refractivity contribution is 0.442. The quantitative estimate of drug-likeness (QED) is 0.787. The van der Waals surface area contributed by atoms with Gasteiger partial charge >= 0.3 is 6.01 Å². The minimum Gasteiger partial charge on any atom is -0.424 e. The second-order valence-electron chi connectivity index (χ2n) is 4.18. The molecule has 2 N–H and O–H groups in total. The number of rotatable bonds is 3. The SMILES string of the molecule is Nc1cncc(-c2cnc(Oc3ccccc3)nc2)c1. The molecule has 3 aromatic rings. The van der Waals surface area contributed by atoms with Crippen molar-refractivity contribution < 1.29 is 4.74 Å². The van der Waals surface area contributed by atoms with Crippen LogP contribution in [0.5, 0.6) is 11.8 Å². The lowest BCUT2D eigenvalue weighted by atomic mass is 10.1. The lowest BCUT2D eigenvalue weighted by Gasteiger charge is -2.04. The van der Waals surface area contributed by atoms with E-state index >= 15 is 0 Å². The van der Waals surface area contributed by atoms with Crippen LogP contribution in [0.3, 0.4) is 0 Å². The van der Waals surface area contributed by atoms with Gasteiger partial charge in [-0.3, -0.25) is 4.98 Å². The van der Waals surface area contributed by atoms with E-state index in [1.165, 1.54) is 0 Å². The van der Waals surface area contributed by atoms with Gasteiger partial charge in [0.15, 0.2) is 0 Å². The Hall–Kier alpha value is -2.95. The van der Waals surface area contributed by atoms with Crippen LogP contribution in [0.4, 0.5) is 5.69 Å². The van der Waals surface area contributed by atoms with E-state index < -0.39 is 0 Å². The van der Waals surface area contributed by atoms with Gasteiger partial charge < -0.3 is 10.5 Å². The van der Waals surface area contributed by atoms with Crippen LogP contribution in [0.15, 0.2) is 61.2 Å². The first-order chi connectivity index (χ1) is 9.81. The lowest BCUT2D eigenvalue weighted by Crippen LogP contribution is -1.93. The van der Waals surface area contributed by atoms with Crippen LogP contribution in [0, 0.1) is 0 Å². The van der Waals surface area contributed by atoms with E-state index in [0.29, 0.717) is 17.4 Å². The number of anilines is 1. The van der Waals surface area contributed by atoms with Crippen molar-refractivity contribution in [1.82, 2.24) is 15.0 Å². The predicted octanol–water partition coefficient (Wildman–Crippen LogP) is 2.91. The fourth-order valence-corrected chi connectivity index (χ4v) is 1.73. The minimum atomic E-state index is 0.303. The molecule has 0 bridgehead atoms. The van der Waals surface area contributed by atoms with E-state index in [1.54, 1.807) is 24.8 Å². The maximum absolute atomic E-state index is 5.70. The molecule has 98 valence electrons. The third kappa shape index (κ3) is 2.72. The summed E-state index contributed by atoms with van der Waals surface area (Å²) in [5.74, 6) is 0.700. The van der Waals surface area contributed by atoms with Crippen LogP contribution in [0.1, 0.15) is 0 Å². The van der Waals surface area contributed by atoms with Crippen molar-refractivity contribution in [2.45, 2.75) is 0 Å². The summed E-state index contributed by atoms with van der Waals surface area (Å²) in [7, 11) is 0. The molecule has 3 rings (SSSR count). The van der Waals surface area contributed by atoms with Crippen molar-refractivity contribution in [3.05, 3.63) is 61.2 Å². The molecule has 0 fully saturated rings. The van der Waals surface area contributed by atoms with Crippen LogP contribution < -0.4 is 10.5 Å². The van der Waals surface area contributed by atoms with Crippen molar-refractivity contribution >= 4 is 5.69 Å². The Kier molecular flexibility index (Phi) is 3.24. The van der Waals surface area contributed by atoms with Crippen LogP contribution >= 0.6 is 0 Å². The Morgan fingerprint density at radius 2 is 1.60 bits per heavy atom. The summed E-state index contributed by atoms with van der Waals surface area (Å²) in [6.45, 7) is 0. The van der Waals surface area contributed by atoms with Gasteiger partial charge in [0, 0.05) is 35.9 Å². The maximum Gasteiger partial charge on any atom is 0.321 e. The van der Waals surface area contributed by atoms with Crippen molar-refractivity contribution in [2.24, 2.45) is 0 Å². The van der Waals surface area contributed by atoms with Gasteiger partial charge in [0.05, 0.1) is 5.69 Å². The Morgan fingerprint density at radius 3 is 2.30 bits per heavy atom. The molecule has 1 aromatic carbocycles. The van der Waals surface area contributed by atoms with Gasteiger partial charge in [0.25, 0.3) is 0 Å². The molecule has 0 saturated carbocycles. The second-order valence-corrected chi connectivity index (χ2v) is 4.18. The normalized spacial score (nSPS) is 10.2. The van der Waals surface area contributed by atoms with Gasteiger partial charge in [-0.1, -0.05) is 18.2 Å². The topological polar surface area (TPSA) is 73.9 Å². The van der Waals surface area contributed by atoms with Crippen LogP contribution in [0.2, 0.25) is 0 Å². The number of nitrogens with two attached hydrogens (primary N) is 1. The standard InChI is InChI=1S/C15H12N4O/c16-13-6-11(7-17-10-13)12-8-18-15(19-9-12)20-14-4-2-1-3-5-14/h1-10H,16H2. The number of ether oxygens (including phenoxy) is 1. The maximum atomic E-state index is 5.70. The minimum absolute atomic E-state index is 0.303. The fourth-order valence-electron chi connectivity index (χ4n) is 1.73. The first-order valence-corrected chi connectivity index (χ1v) is 6.07. The van der Waals surface area contributed by atoms with E-state index in [4.69, 9.17) is 10.5 Å². The summed E-state index contributed by atoms with van der Waals surface area (Å²) >= 11 is 0. The third-order valence-electron chi connectivity index (χ3n) is 2.67. The highest BCUT2D eigenvalue weighted by Gasteiger charge is 2.03. The molecule has 5 nitrogen and oxygen atoms in total. The highest BCUT2D eigenvalue weighted by atomic mass is 16.5. The molecule has 2 aromatic heterocycles. The van der Waals surface area contributed by atoms with Gasteiger partial charge in [0.1, 0.15) is 5.75 Å². The summed E-state index contributed by atoms with van der Waals surface area (Å²) in [6.07, 6.45) is 6.67. The number of nitrogen functional groups attached to an aromatic ring is 1. The number of hydrogen-bond acceptors (Lipinski definition) is 5. The largest absolute Gasteiger partial charge is 0.424 e. The molecular weight excluding hydrogens is 252 g/mol. The highest BCUT2D eigenvalue weighted by molar-refractivity contribution is 5.64. The molecule has 0 atom stereocenters. The monoisotopic (exact) mass is 264 g/mol. The smallest absolute Gasteiger partial charge is 0.321 e. The zero-order chi connectivity index (χ0) is 13.8. The van der Waals surface area contributed by atoms with Crippen molar-refractivity contribution in [3.63, 3.8) is 0 Å². The number of benzene rings is 1. The molecule has 0 amide bonds. The zero-order valence-electron chi connectivity index (χ0n) is 10.6. The Morgan fingerprint density at radius 1 is 0.850 bits per heavy atom. The highest BCUT2D eigenvalue weighted by Crippen LogP contribution is 2.21. The number of hydrogen-bond donors (Lipinski definition) is 1. The predicted molar refractivity (Wildman–Crippen MR) is 76.2 cm³/mol. The van der Waals surface area contributed by atoms with Crippen LogP contribution in [-0.4, -0.2) is 15.0 Å². The van der Waals surface area contributed by atoms with E-state index in [2.05, 4.69) is 15.0 Å². The average Bonchev–Trinajstić information content (AvgIpc) is 2.49. The fraction of sp³-hybridized carbons (Fsp3) is 0. The van der Waals surface area contributed by atoms with Gasteiger partial charge in [-0.15, -0.1) is 0 Å². The first kappa shape index (κ1) is 12.1. The van der Waals surface area contributed by atoms with Crippen molar-refractivity contribution in [1.29, 1.82) is 0 Å². The molecule has 2 heterocycles. The number of pyridine rings is 1. The number of para-hydroxylation sites is 1. The number of aromatic nitrogens is 3. The molecule has 0 aliphatic rings. The molecule has 0 spiro atoms. The van der Waals surface area contributed by atoms with Crippen molar-refractivity contribution in [2.75, 3.05) is 5.73 Å². The number of nitrogens with zero attached hydrogens (tertiary/aromatic N) is 3. The Balaban J connectivity index is 1.81.